The van der Waals surface area contributed by atoms with Crippen LogP contribution in [0, 0.1) is 5.92 Å². The number of carbonyl (C=O) groups excluding carboxylic acids is 3. The second-order valence-corrected chi connectivity index (χ2v) is 6.29. The first-order valence-electron chi connectivity index (χ1n) is 8.88. The van der Waals surface area contributed by atoms with Crippen molar-refractivity contribution in [3.63, 3.8) is 0 Å². The van der Waals surface area contributed by atoms with Crippen LogP contribution in [0.2, 0.25) is 6.82 Å². The maximum absolute atomic E-state index is 10.9. The summed E-state index contributed by atoms with van der Waals surface area (Å²) in [6, 6.07) is -0.435. The van der Waals surface area contributed by atoms with E-state index < -0.39 is 12.1 Å². The molecule has 0 saturated carbocycles. The Morgan fingerprint density at radius 2 is 1.65 bits per heavy atom. The van der Waals surface area contributed by atoms with Gasteiger partial charge in [-0.05, 0) is 19.8 Å². The number of primary amides is 1. The summed E-state index contributed by atoms with van der Waals surface area (Å²) in [5.74, 6) is 0.638. The second-order valence-electron chi connectivity index (χ2n) is 5.75. The molecule has 0 heterocycles. The van der Waals surface area contributed by atoms with Gasteiger partial charge in [0.05, 0.1) is 13.9 Å². The maximum atomic E-state index is 10.9. The Morgan fingerprint density at radius 3 is 1.88 bits per heavy atom. The molecule has 0 aliphatic heterocycles. The summed E-state index contributed by atoms with van der Waals surface area (Å²) in [5.41, 5.74) is 4.84. The topological polar surface area (TPSA) is 113 Å². The largest absolute Gasteiger partial charge is 0.0999 e. The van der Waals surface area contributed by atoms with Crippen molar-refractivity contribution in [2.45, 2.75) is 79.7 Å². The van der Waals surface area contributed by atoms with E-state index in [0.717, 1.165) is 5.92 Å². The Bertz CT molecular complexity index is 335. The Labute approximate surface area is 170 Å². The Kier molecular flexibility index (Phi) is 32.9. The molecule has 0 fully saturated rings. The first-order chi connectivity index (χ1) is 12.2. The van der Waals surface area contributed by atoms with Crippen molar-refractivity contribution in [3.05, 3.63) is 0 Å². The maximum Gasteiger partial charge on any atom is 0.0606 e. The number of hydrogen-bond donors (Lipinski definition) is 4. The molecule has 0 rings (SSSR count). The molecular weight excluding hydrogens is 394 g/mol. The van der Waals surface area contributed by atoms with E-state index in [1.165, 1.54) is 20.2 Å². The van der Waals surface area contributed by atoms with Gasteiger partial charge in [0.25, 0.3) is 0 Å². The summed E-state index contributed by atoms with van der Waals surface area (Å²) in [6.45, 7) is 14.1. The van der Waals surface area contributed by atoms with Gasteiger partial charge in [0, 0.05) is 6.54 Å². The van der Waals surface area contributed by atoms with Crippen molar-refractivity contribution < 1.29 is 14.4 Å². The Morgan fingerprint density at radius 1 is 1.19 bits per heavy atom. The molecule has 0 aromatic heterocycles. The van der Waals surface area contributed by atoms with Crippen molar-refractivity contribution >= 4 is 43.1 Å². The zero-order chi connectivity index (χ0) is 21.5. The fourth-order valence-electron chi connectivity index (χ4n) is 1.15. The van der Waals surface area contributed by atoms with Crippen molar-refractivity contribution in [2.75, 3.05) is 6.54 Å². The summed E-state index contributed by atoms with van der Waals surface area (Å²) < 4.78 is 3.10. The van der Waals surface area contributed by atoms with E-state index in [2.05, 4.69) is 74.4 Å². The number of amides is 3. The van der Waals surface area contributed by atoms with Gasteiger partial charge in [-0.1, -0.05) is 27.1 Å². The van der Waals surface area contributed by atoms with Gasteiger partial charge in [-0.25, -0.2) is 4.79 Å². The molecule has 2 atom stereocenters. The Balaban J connectivity index is -0.000000168. The molecule has 152 valence electrons. The number of Topliss-reactive ketones (excluding diaryl/α,β-unsaturated/α-hetero) is 1. The molecule has 2 unspecified atom stereocenters. The van der Waals surface area contributed by atoms with E-state index in [0.29, 0.717) is 31.8 Å². The van der Waals surface area contributed by atoms with Crippen LogP contribution in [0.15, 0.2) is 0 Å². The zero-order valence-corrected chi connectivity index (χ0v) is 19.3. The van der Waals surface area contributed by atoms with Crippen LogP contribution in [0.4, 0.5) is 4.79 Å². The molecular formula is C17H38AsBN4O3. The average molecular weight is 432 g/mol. The van der Waals surface area contributed by atoms with E-state index in [-0.39, 0.29) is 5.78 Å². The van der Waals surface area contributed by atoms with E-state index in [4.69, 9.17) is 5.73 Å². The third kappa shape index (κ3) is 30.8. The van der Waals surface area contributed by atoms with Gasteiger partial charge in [-0.3, -0.25) is 9.59 Å². The molecule has 3 amide bonds. The number of rotatable bonds is 9. The van der Waals surface area contributed by atoms with Crippen LogP contribution < -0.4 is 20.6 Å². The van der Waals surface area contributed by atoms with Crippen molar-refractivity contribution in [2.24, 2.45) is 11.7 Å². The van der Waals surface area contributed by atoms with Gasteiger partial charge in [0.2, 0.25) is 6.41 Å². The second kappa shape index (κ2) is 26.2. The van der Waals surface area contributed by atoms with Gasteiger partial charge in [-0.15, -0.1) is 0 Å². The van der Waals surface area contributed by atoms with Crippen molar-refractivity contribution in [1.82, 2.24) is 14.9 Å². The molecule has 0 aliphatic rings. The molecule has 5 N–H and O–H groups in total. The van der Waals surface area contributed by atoms with E-state index in [1.807, 2.05) is 0 Å². The van der Waals surface area contributed by atoms with Crippen LogP contribution in [0.5, 0.6) is 0 Å². The number of ketones is 1. The quantitative estimate of drug-likeness (QED) is 0.251. The van der Waals surface area contributed by atoms with Gasteiger partial charge in [-0.2, -0.15) is 0 Å². The minimum Gasteiger partial charge on any atom is -0.0999 e. The van der Waals surface area contributed by atoms with Gasteiger partial charge in [0.15, 0.2) is 5.78 Å². The van der Waals surface area contributed by atoms with E-state index in [1.54, 1.807) is 0 Å². The molecule has 0 aromatic carbocycles. The van der Waals surface area contributed by atoms with Gasteiger partial charge >= 0.3 is 60.1 Å². The standard InChI is InChI=1S/C8H15N3O3.C5H12AsN.C3H8.CH3B/c1-6(13)7(11-5-12)3-2-4-10-8(9)14;1-4(2)5(3)7-6;1-3-2;1-2/h5,7H,2-4H2,1H3,(H,11,12)(H3,9,10,14);4-5,7H,1-3H3;3H2,1-2H3;1H3. The third-order valence-electron chi connectivity index (χ3n) is 2.93. The summed E-state index contributed by atoms with van der Waals surface area (Å²) in [4.78, 5) is 31.3. The number of nitrogens with one attached hydrogen (secondary N) is 3. The van der Waals surface area contributed by atoms with Crippen LogP contribution in [-0.2, 0) is 9.59 Å². The number of nitrogens with two attached hydrogens (primary N) is 1. The van der Waals surface area contributed by atoms with Crippen LogP contribution in [0.25, 0.3) is 0 Å². The summed E-state index contributed by atoms with van der Waals surface area (Å²) >= 11 is 2.38. The minimum atomic E-state index is -0.590. The molecule has 7 nitrogen and oxygen atoms in total. The summed E-state index contributed by atoms with van der Waals surface area (Å²) in [5, 5.41) is 4.79. The zero-order valence-electron chi connectivity index (χ0n) is 17.5. The number of carbonyl (C=O) groups is 3. The first kappa shape index (κ1) is 32.6. The fraction of sp³-hybridized carbons (Fsp3) is 0.824. The third-order valence-corrected chi connectivity index (χ3v) is 3.79. The van der Waals surface area contributed by atoms with Gasteiger partial charge in [0.1, 0.15) is 0 Å². The normalized spacial score (nSPS) is 11.1. The molecule has 0 aliphatic carbocycles. The van der Waals surface area contributed by atoms with E-state index in [9.17, 15) is 14.4 Å². The number of urea groups is 1. The van der Waals surface area contributed by atoms with Crippen molar-refractivity contribution in [3.8, 4) is 0 Å². The predicted octanol–water partition coefficient (Wildman–Crippen LogP) is 1.46. The molecule has 0 aromatic rings. The van der Waals surface area contributed by atoms with Crippen LogP contribution in [0.1, 0.15) is 60.8 Å². The molecule has 0 saturated heterocycles. The smallest absolute Gasteiger partial charge is 0.0606 e. The van der Waals surface area contributed by atoms with Crippen LogP contribution >= 0.6 is 0 Å². The summed E-state index contributed by atoms with van der Waals surface area (Å²) in [7, 11) is 4.50. The molecule has 4 radical (unpaired) electrons. The van der Waals surface area contributed by atoms with E-state index >= 15 is 0 Å². The number of hydrogen-bond acceptors (Lipinski definition) is 4. The van der Waals surface area contributed by atoms with Gasteiger partial charge < -0.3 is 16.4 Å². The first-order valence-corrected chi connectivity index (χ1v) is 9.82. The monoisotopic (exact) mass is 432 g/mol. The van der Waals surface area contributed by atoms with Crippen LogP contribution in [-0.4, -0.2) is 61.8 Å². The average Bonchev–Trinajstić information content (AvgIpc) is 2.59. The molecule has 0 bridgehead atoms. The summed E-state index contributed by atoms with van der Waals surface area (Å²) in [6.07, 6.45) is 2.83. The molecule has 9 heteroatoms. The SMILES string of the molecule is CC(=O)C(CCCNC(N)=O)NC=O.CC(C)C(C)N[As].CCC.[B]C. The Hall–Kier alpha value is -1.01. The molecule has 26 heavy (non-hydrogen) atoms. The fourth-order valence-corrected chi connectivity index (χ4v) is 1.78. The molecule has 0 spiro atoms. The van der Waals surface area contributed by atoms with Crippen LogP contribution in [0.3, 0.4) is 0 Å². The predicted molar refractivity (Wildman–Crippen MR) is 111 cm³/mol. The minimum absolute atomic E-state index is 0.101. The van der Waals surface area contributed by atoms with Crippen molar-refractivity contribution in [1.29, 1.82) is 0 Å².